The maximum absolute atomic E-state index is 13.0. The fourth-order valence-electron chi connectivity index (χ4n) is 9.90. The van der Waals surface area contributed by atoms with Crippen LogP contribution in [0.15, 0.2) is 29.8 Å². The summed E-state index contributed by atoms with van der Waals surface area (Å²) in [5.41, 5.74) is 0.806. The van der Waals surface area contributed by atoms with Crippen LogP contribution in [-0.2, 0) is 4.74 Å². The van der Waals surface area contributed by atoms with Crippen molar-refractivity contribution < 1.29 is 19.4 Å². The lowest BCUT2D eigenvalue weighted by molar-refractivity contribution is -0.394. The average molecular weight is 581 g/mol. The zero-order valence-electron chi connectivity index (χ0n) is 26.0. The van der Waals surface area contributed by atoms with Gasteiger partial charge >= 0.3 is 5.97 Å². The second-order valence-corrected chi connectivity index (χ2v) is 14.8. The lowest BCUT2D eigenvalue weighted by atomic mass is 9.47. The molecule has 0 spiro atoms. The van der Waals surface area contributed by atoms with E-state index in [-0.39, 0.29) is 17.1 Å². The van der Waals surface area contributed by atoms with Crippen molar-refractivity contribution in [3.05, 3.63) is 55.6 Å². The van der Waals surface area contributed by atoms with Gasteiger partial charge < -0.3 is 4.74 Å². The van der Waals surface area contributed by atoms with Crippen LogP contribution in [0.5, 0.6) is 0 Å². The third-order valence-electron chi connectivity index (χ3n) is 12.1. The Kier molecular flexibility index (Phi) is 8.56. The zero-order chi connectivity index (χ0) is 30.4. The summed E-state index contributed by atoms with van der Waals surface area (Å²) in [5, 5.41) is 22.6. The Bertz CT molecular complexity index is 1230. The second-order valence-electron chi connectivity index (χ2n) is 14.8. The van der Waals surface area contributed by atoms with Crippen LogP contribution < -0.4 is 0 Å². The number of allylic oxidation sites excluding steroid dienone is 1. The largest absolute Gasteiger partial charge is 0.458 e. The van der Waals surface area contributed by atoms with Crippen LogP contribution in [0.2, 0.25) is 0 Å². The first-order chi connectivity index (χ1) is 19.8. The summed E-state index contributed by atoms with van der Waals surface area (Å²) in [6.07, 6.45) is 14.9. The SMILES string of the molecule is CC(C)CCC[C@H](C)[C@H]1CC[C@H]2[C@H]3CC=C4C[C@@H](OC(=O)c5cc([N+](=O)[O-])cc([N+](=O)[O-])c5)CC[C@]4(C)[C@@H]3CC[C@]12C. The Morgan fingerprint density at radius 2 is 1.64 bits per heavy atom. The number of hydrogen-bond acceptors (Lipinski definition) is 6. The molecule has 0 radical (unpaired) electrons. The van der Waals surface area contributed by atoms with Crippen LogP contribution in [0.1, 0.15) is 116 Å². The minimum atomic E-state index is -0.738. The highest BCUT2D eigenvalue weighted by molar-refractivity contribution is 5.91. The number of fused-ring (bicyclic) bond motifs is 5. The van der Waals surface area contributed by atoms with Crippen molar-refractivity contribution >= 4 is 17.3 Å². The number of esters is 1. The first-order valence-corrected chi connectivity index (χ1v) is 16.2. The number of rotatable bonds is 9. The van der Waals surface area contributed by atoms with Gasteiger partial charge in [-0.25, -0.2) is 4.79 Å². The molecule has 1 aromatic carbocycles. The maximum Gasteiger partial charge on any atom is 0.338 e. The summed E-state index contributed by atoms with van der Waals surface area (Å²) in [5.74, 6) is 3.81. The molecule has 8 heteroatoms. The summed E-state index contributed by atoms with van der Waals surface area (Å²) >= 11 is 0. The molecule has 3 fully saturated rings. The summed E-state index contributed by atoms with van der Waals surface area (Å²) in [7, 11) is 0. The maximum atomic E-state index is 13.0. The van der Waals surface area contributed by atoms with E-state index in [2.05, 4.69) is 40.7 Å². The first kappa shape index (κ1) is 30.7. The van der Waals surface area contributed by atoms with E-state index in [4.69, 9.17) is 4.74 Å². The molecular formula is C34H48N2O6. The number of non-ortho nitro benzene ring substituents is 2. The number of nitro groups is 2. The molecule has 0 heterocycles. The number of nitrogens with zero attached hydrogens (tertiary/aromatic N) is 2. The van der Waals surface area contributed by atoms with E-state index in [9.17, 15) is 25.0 Å². The monoisotopic (exact) mass is 580 g/mol. The van der Waals surface area contributed by atoms with E-state index in [1.165, 1.54) is 50.5 Å². The molecule has 0 saturated heterocycles. The Morgan fingerprint density at radius 1 is 0.952 bits per heavy atom. The Hall–Kier alpha value is -2.77. The second kappa shape index (κ2) is 11.7. The molecule has 0 N–H and O–H groups in total. The summed E-state index contributed by atoms with van der Waals surface area (Å²) in [6, 6.07) is 2.99. The van der Waals surface area contributed by atoms with Gasteiger partial charge in [0.2, 0.25) is 0 Å². The molecule has 4 aliphatic carbocycles. The first-order valence-electron chi connectivity index (χ1n) is 16.2. The summed E-state index contributed by atoms with van der Waals surface area (Å²) in [6.45, 7) is 12.2. The Morgan fingerprint density at radius 3 is 2.29 bits per heavy atom. The predicted octanol–water partition coefficient (Wildman–Crippen LogP) is 9.07. The molecule has 5 rings (SSSR count). The number of carbonyl (C=O) groups is 1. The number of hydrogen-bond donors (Lipinski definition) is 0. The van der Waals surface area contributed by atoms with Crippen LogP contribution in [0, 0.1) is 66.6 Å². The highest BCUT2D eigenvalue weighted by Crippen LogP contribution is 2.67. The van der Waals surface area contributed by atoms with Crippen molar-refractivity contribution in [1.82, 2.24) is 0 Å². The standard InChI is InChI=1S/C34H48N2O6/c1-21(2)7-6-8-22(3)29-11-12-30-28-10-9-24-19-27(13-15-33(24,4)31(28)14-16-34(29,30)5)42-32(37)23-17-25(35(38)39)20-26(18-23)36(40)41/h9,17-18,20-22,27-31H,6-8,10-16,19H2,1-5H3/t22-,27-,28+,29+,30-,31+,33-,34+/m0/s1. The molecule has 0 amide bonds. The molecule has 230 valence electrons. The van der Waals surface area contributed by atoms with Gasteiger partial charge in [0, 0.05) is 18.6 Å². The molecule has 1 aromatic rings. The van der Waals surface area contributed by atoms with E-state index >= 15 is 0 Å². The fourth-order valence-corrected chi connectivity index (χ4v) is 9.90. The molecule has 8 nitrogen and oxygen atoms in total. The number of benzene rings is 1. The van der Waals surface area contributed by atoms with E-state index in [1.54, 1.807) is 0 Å². The van der Waals surface area contributed by atoms with Gasteiger partial charge in [-0.1, -0.05) is 65.5 Å². The van der Waals surface area contributed by atoms with Crippen LogP contribution in [0.25, 0.3) is 0 Å². The van der Waals surface area contributed by atoms with E-state index in [0.717, 1.165) is 67.1 Å². The van der Waals surface area contributed by atoms with Gasteiger partial charge in [-0.2, -0.15) is 0 Å². The molecule has 0 unspecified atom stereocenters. The van der Waals surface area contributed by atoms with Gasteiger partial charge in [0.1, 0.15) is 6.10 Å². The van der Waals surface area contributed by atoms with Crippen LogP contribution in [-0.4, -0.2) is 21.9 Å². The number of ether oxygens (including phenoxy) is 1. The minimum absolute atomic E-state index is 0.110. The van der Waals surface area contributed by atoms with Crippen LogP contribution in [0.3, 0.4) is 0 Å². The van der Waals surface area contributed by atoms with Crippen molar-refractivity contribution in [2.75, 3.05) is 0 Å². The highest BCUT2D eigenvalue weighted by atomic mass is 16.6. The fraction of sp³-hybridized carbons (Fsp3) is 0.735. The van der Waals surface area contributed by atoms with Gasteiger partial charge in [-0.3, -0.25) is 20.2 Å². The van der Waals surface area contributed by atoms with Gasteiger partial charge in [0.15, 0.2) is 0 Å². The molecule has 3 saturated carbocycles. The molecule has 8 atom stereocenters. The van der Waals surface area contributed by atoms with E-state index in [1.807, 2.05) is 0 Å². The molecule has 0 aliphatic heterocycles. The average Bonchev–Trinajstić information content (AvgIpc) is 3.30. The highest BCUT2D eigenvalue weighted by Gasteiger charge is 2.59. The van der Waals surface area contributed by atoms with Crippen molar-refractivity contribution in [2.45, 2.75) is 111 Å². The van der Waals surface area contributed by atoms with Crippen molar-refractivity contribution in [3.63, 3.8) is 0 Å². The van der Waals surface area contributed by atoms with Gasteiger partial charge in [-0.05, 0) is 91.3 Å². The summed E-state index contributed by atoms with van der Waals surface area (Å²) < 4.78 is 5.82. The third kappa shape index (κ3) is 5.62. The van der Waals surface area contributed by atoms with Crippen molar-refractivity contribution in [2.24, 2.45) is 46.3 Å². The molecular weight excluding hydrogens is 532 g/mol. The number of nitro benzene ring substituents is 2. The van der Waals surface area contributed by atoms with Crippen molar-refractivity contribution in [1.29, 1.82) is 0 Å². The third-order valence-corrected chi connectivity index (χ3v) is 12.1. The van der Waals surface area contributed by atoms with Gasteiger partial charge in [0.05, 0.1) is 21.5 Å². The Balaban J connectivity index is 1.27. The van der Waals surface area contributed by atoms with E-state index < -0.39 is 27.2 Å². The quantitative estimate of drug-likeness (QED) is 0.125. The summed E-state index contributed by atoms with van der Waals surface area (Å²) in [4.78, 5) is 34.1. The molecule has 42 heavy (non-hydrogen) atoms. The van der Waals surface area contributed by atoms with Gasteiger partial charge in [0.25, 0.3) is 11.4 Å². The molecule has 4 aliphatic rings. The Labute approximate surface area is 250 Å². The van der Waals surface area contributed by atoms with Crippen LogP contribution in [0.4, 0.5) is 11.4 Å². The van der Waals surface area contributed by atoms with Gasteiger partial charge in [-0.15, -0.1) is 0 Å². The molecule has 0 aromatic heterocycles. The predicted molar refractivity (Wildman–Crippen MR) is 162 cm³/mol. The minimum Gasteiger partial charge on any atom is -0.458 e. The topological polar surface area (TPSA) is 113 Å². The normalized spacial score (nSPS) is 34.5. The smallest absolute Gasteiger partial charge is 0.338 e. The number of carbonyl (C=O) groups excluding carboxylic acids is 1. The zero-order valence-corrected chi connectivity index (χ0v) is 26.0. The van der Waals surface area contributed by atoms with E-state index in [0.29, 0.717) is 17.8 Å². The lowest BCUT2D eigenvalue weighted by Crippen LogP contribution is -2.51. The lowest BCUT2D eigenvalue weighted by Gasteiger charge is -2.58. The van der Waals surface area contributed by atoms with Crippen LogP contribution >= 0.6 is 0 Å². The molecule has 0 bridgehead atoms. The van der Waals surface area contributed by atoms with Crippen molar-refractivity contribution in [3.8, 4) is 0 Å².